The van der Waals surface area contributed by atoms with Crippen molar-refractivity contribution in [3.8, 4) is 11.5 Å². The first kappa shape index (κ1) is 13.3. The van der Waals surface area contributed by atoms with E-state index in [1.165, 1.54) is 0 Å². The number of alkyl halides is 1. The normalized spacial score (nSPS) is 10.9. The van der Waals surface area contributed by atoms with Crippen molar-refractivity contribution in [3.63, 3.8) is 0 Å². The molecule has 0 atom stereocenters. The third kappa shape index (κ3) is 2.88. The molecule has 0 aliphatic rings. The lowest BCUT2D eigenvalue weighted by atomic mass is 10.2. The molecule has 0 aliphatic heterocycles. The van der Waals surface area contributed by atoms with Crippen LogP contribution in [-0.4, -0.2) is 25.2 Å². The van der Waals surface area contributed by atoms with Crippen molar-refractivity contribution in [1.29, 1.82) is 0 Å². The van der Waals surface area contributed by atoms with Gasteiger partial charge in [-0.15, -0.1) is 15.3 Å². The van der Waals surface area contributed by atoms with Gasteiger partial charge >= 0.3 is 0 Å². The number of aromatic nitrogens is 5. The second kappa shape index (κ2) is 5.72. The molecule has 6 nitrogen and oxygen atoms in total. The molecular weight excluding hydrogens is 346 g/mol. The Hall–Kier alpha value is -1.73. The SMILES string of the molecule is Clc1ccc(-c2nnc(Cn3cc(CBr)nn3)o2)cc1. The minimum Gasteiger partial charge on any atom is -0.419 e. The highest BCUT2D eigenvalue weighted by Gasteiger charge is 2.10. The average Bonchev–Trinajstić information content (AvgIpc) is 3.09. The molecule has 1 aromatic carbocycles. The number of hydrogen-bond donors (Lipinski definition) is 0. The zero-order valence-corrected chi connectivity index (χ0v) is 12.5. The van der Waals surface area contributed by atoms with E-state index in [1.807, 2.05) is 18.3 Å². The summed E-state index contributed by atoms with van der Waals surface area (Å²) in [5, 5.41) is 17.3. The van der Waals surface area contributed by atoms with Crippen LogP contribution in [-0.2, 0) is 11.9 Å². The predicted octanol–water partition coefficient (Wildman–Crippen LogP) is 2.92. The molecule has 0 unspecified atom stereocenters. The summed E-state index contributed by atoms with van der Waals surface area (Å²) in [5.41, 5.74) is 1.68. The van der Waals surface area contributed by atoms with Crippen LogP contribution in [0.1, 0.15) is 11.6 Å². The van der Waals surface area contributed by atoms with Gasteiger partial charge in [0.2, 0.25) is 11.8 Å². The lowest BCUT2D eigenvalue weighted by Gasteiger charge is -1.95. The van der Waals surface area contributed by atoms with Crippen LogP contribution in [0.15, 0.2) is 34.9 Å². The van der Waals surface area contributed by atoms with Gasteiger partial charge in [-0.25, -0.2) is 4.68 Å². The second-order valence-corrected chi connectivity index (χ2v) is 5.05. The highest BCUT2D eigenvalue weighted by atomic mass is 79.9. The fraction of sp³-hybridized carbons (Fsp3) is 0.167. The second-order valence-electron chi connectivity index (χ2n) is 4.05. The number of hydrogen-bond acceptors (Lipinski definition) is 5. The summed E-state index contributed by atoms with van der Waals surface area (Å²) in [4.78, 5) is 0. The Kier molecular flexibility index (Phi) is 3.79. The fourth-order valence-corrected chi connectivity index (χ4v) is 2.03. The standard InChI is InChI=1S/C12H9BrClN5O/c13-5-10-6-19(18-15-10)7-11-16-17-12(20-11)8-1-3-9(14)4-2-8/h1-4,6H,5,7H2. The highest BCUT2D eigenvalue weighted by molar-refractivity contribution is 9.08. The zero-order valence-electron chi connectivity index (χ0n) is 10.2. The predicted molar refractivity (Wildman–Crippen MR) is 76.5 cm³/mol. The Morgan fingerprint density at radius 2 is 1.95 bits per heavy atom. The summed E-state index contributed by atoms with van der Waals surface area (Å²) < 4.78 is 7.24. The Morgan fingerprint density at radius 3 is 2.65 bits per heavy atom. The summed E-state index contributed by atoms with van der Waals surface area (Å²) in [7, 11) is 0. The molecular formula is C12H9BrClN5O. The molecule has 0 saturated carbocycles. The van der Waals surface area contributed by atoms with Crippen molar-refractivity contribution in [2.45, 2.75) is 11.9 Å². The summed E-state index contributed by atoms with van der Waals surface area (Å²) in [6.45, 7) is 0.389. The van der Waals surface area contributed by atoms with E-state index < -0.39 is 0 Å². The lowest BCUT2D eigenvalue weighted by molar-refractivity contribution is 0.469. The van der Waals surface area contributed by atoms with Crippen LogP contribution in [0.25, 0.3) is 11.5 Å². The van der Waals surface area contributed by atoms with Gasteiger partial charge in [0.25, 0.3) is 0 Å². The van der Waals surface area contributed by atoms with Gasteiger partial charge in [0.15, 0.2) is 0 Å². The maximum atomic E-state index is 5.84. The molecule has 0 radical (unpaired) electrons. The van der Waals surface area contributed by atoms with Crippen molar-refractivity contribution in [2.24, 2.45) is 0 Å². The third-order valence-electron chi connectivity index (χ3n) is 2.58. The third-order valence-corrected chi connectivity index (χ3v) is 3.40. The van der Waals surface area contributed by atoms with E-state index in [0.717, 1.165) is 11.3 Å². The van der Waals surface area contributed by atoms with E-state index in [0.29, 0.717) is 28.7 Å². The molecule has 2 aromatic heterocycles. The Bertz CT molecular complexity index is 709. The first-order valence-electron chi connectivity index (χ1n) is 5.78. The molecule has 2 heterocycles. The molecule has 0 fully saturated rings. The van der Waals surface area contributed by atoms with Crippen LogP contribution in [0.2, 0.25) is 5.02 Å². The summed E-state index contributed by atoms with van der Waals surface area (Å²) in [6.07, 6.45) is 1.82. The van der Waals surface area contributed by atoms with E-state index in [4.69, 9.17) is 16.0 Å². The number of rotatable bonds is 4. The van der Waals surface area contributed by atoms with Crippen LogP contribution in [0.5, 0.6) is 0 Å². The molecule has 0 N–H and O–H groups in total. The van der Waals surface area contributed by atoms with Gasteiger partial charge in [-0.1, -0.05) is 32.7 Å². The van der Waals surface area contributed by atoms with E-state index in [9.17, 15) is 0 Å². The minimum absolute atomic E-state index is 0.389. The van der Waals surface area contributed by atoms with Crippen molar-refractivity contribution in [1.82, 2.24) is 25.2 Å². The van der Waals surface area contributed by atoms with Crippen LogP contribution >= 0.6 is 27.5 Å². The number of halogens is 2. The van der Waals surface area contributed by atoms with Gasteiger partial charge in [-0.2, -0.15) is 0 Å². The molecule has 0 aliphatic carbocycles. The summed E-state index contributed by atoms with van der Waals surface area (Å²) >= 11 is 9.16. The van der Waals surface area contributed by atoms with E-state index in [2.05, 4.69) is 36.4 Å². The van der Waals surface area contributed by atoms with Crippen molar-refractivity contribution in [3.05, 3.63) is 47.1 Å². The van der Waals surface area contributed by atoms with Gasteiger partial charge in [-0.3, -0.25) is 0 Å². The van der Waals surface area contributed by atoms with E-state index in [-0.39, 0.29) is 0 Å². The van der Waals surface area contributed by atoms with Crippen molar-refractivity contribution < 1.29 is 4.42 Å². The van der Waals surface area contributed by atoms with Crippen LogP contribution in [0.3, 0.4) is 0 Å². The summed E-state index contributed by atoms with van der Waals surface area (Å²) in [6, 6.07) is 7.22. The molecule has 20 heavy (non-hydrogen) atoms. The zero-order chi connectivity index (χ0) is 13.9. The minimum atomic E-state index is 0.389. The molecule has 3 aromatic rings. The number of nitrogens with zero attached hydrogens (tertiary/aromatic N) is 5. The van der Waals surface area contributed by atoms with Gasteiger partial charge < -0.3 is 4.42 Å². The first-order valence-corrected chi connectivity index (χ1v) is 7.28. The first-order chi connectivity index (χ1) is 9.74. The highest BCUT2D eigenvalue weighted by Crippen LogP contribution is 2.20. The molecule has 3 rings (SSSR count). The number of benzene rings is 1. The summed E-state index contributed by atoms with van der Waals surface area (Å²) in [5.74, 6) is 0.929. The van der Waals surface area contributed by atoms with E-state index in [1.54, 1.807) is 16.8 Å². The maximum absolute atomic E-state index is 5.84. The molecule has 102 valence electrons. The molecule has 0 amide bonds. The smallest absolute Gasteiger partial charge is 0.247 e. The Balaban J connectivity index is 1.78. The maximum Gasteiger partial charge on any atom is 0.247 e. The van der Waals surface area contributed by atoms with E-state index >= 15 is 0 Å². The largest absolute Gasteiger partial charge is 0.419 e. The topological polar surface area (TPSA) is 69.6 Å². The molecule has 0 spiro atoms. The Labute approximate surface area is 127 Å². The van der Waals surface area contributed by atoms with Gasteiger partial charge in [0.05, 0.1) is 5.69 Å². The lowest BCUT2D eigenvalue weighted by Crippen LogP contribution is -2.00. The van der Waals surface area contributed by atoms with Gasteiger partial charge in [0, 0.05) is 22.1 Å². The van der Waals surface area contributed by atoms with Crippen molar-refractivity contribution >= 4 is 27.5 Å². The van der Waals surface area contributed by atoms with Gasteiger partial charge in [-0.05, 0) is 24.3 Å². The van der Waals surface area contributed by atoms with Crippen LogP contribution in [0, 0.1) is 0 Å². The average molecular weight is 355 g/mol. The quantitative estimate of drug-likeness (QED) is 0.674. The fourth-order valence-electron chi connectivity index (χ4n) is 1.64. The van der Waals surface area contributed by atoms with Crippen molar-refractivity contribution in [2.75, 3.05) is 0 Å². The van der Waals surface area contributed by atoms with Gasteiger partial charge in [0.1, 0.15) is 6.54 Å². The molecule has 0 bridgehead atoms. The van der Waals surface area contributed by atoms with Crippen LogP contribution in [0.4, 0.5) is 0 Å². The molecule has 0 saturated heterocycles. The monoisotopic (exact) mass is 353 g/mol. The molecule has 8 heteroatoms. The van der Waals surface area contributed by atoms with Crippen LogP contribution < -0.4 is 0 Å². The Morgan fingerprint density at radius 1 is 1.15 bits per heavy atom.